The smallest absolute Gasteiger partial charge is 0.269 e. The van der Waals surface area contributed by atoms with Gasteiger partial charge in [0.2, 0.25) is 5.91 Å². The highest BCUT2D eigenvalue weighted by Gasteiger charge is 2.06. The minimum absolute atomic E-state index is 0.0119. The van der Waals surface area contributed by atoms with Crippen molar-refractivity contribution in [2.45, 2.75) is 19.8 Å². The highest BCUT2D eigenvalue weighted by Crippen LogP contribution is 2.15. The van der Waals surface area contributed by atoms with E-state index in [1.54, 1.807) is 30.3 Å². The van der Waals surface area contributed by atoms with Gasteiger partial charge in [0.25, 0.3) is 5.91 Å². The zero-order valence-corrected chi connectivity index (χ0v) is 16.5. The maximum Gasteiger partial charge on any atom is 0.269 e. The molecule has 0 aromatic heterocycles. The SMILES string of the molecule is CC(C)c1ccc(/C=C/C(=O)NC(=S)NNC(=O)c2ccc(Cl)cc2)cc1. The van der Waals surface area contributed by atoms with Gasteiger partial charge >= 0.3 is 0 Å². The van der Waals surface area contributed by atoms with Gasteiger partial charge in [-0.3, -0.25) is 25.8 Å². The number of benzene rings is 2. The number of amides is 2. The Bertz CT molecular complexity index is 847. The minimum atomic E-state index is -0.402. The summed E-state index contributed by atoms with van der Waals surface area (Å²) in [4.78, 5) is 23.8. The summed E-state index contributed by atoms with van der Waals surface area (Å²) < 4.78 is 0. The monoisotopic (exact) mass is 401 g/mol. The van der Waals surface area contributed by atoms with Crippen LogP contribution in [0.2, 0.25) is 5.02 Å². The van der Waals surface area contributed by atoms with Gasteiger partial charge in [-0.25, -0.2) is 0 Å². The Balaban J connectivity index is 1.80. The van der Waals surface area contributed by atoms with Crippen molar-refractivity contribution in [2.75, 3.05) is 0 Å². The fraction of sp³-hybridized carbons (Fsp3) is 0.150. The number of rotatable bonds is 4. The lowest BCUT2D eigenvalue weighted by atomic mass is 10.0. The van der Waals surface area contributed by atoms with Gasteiger partial charge in [-0.2, -0.15) is 0 Å². The third-order valence-corrected chi connectivity index (χ3v) is 4.12. The second-order valence-corrected chi connectivity index (χ2v) is 6.90. The minimum Gasteiger partial charge on any atom is -0.298 e. The fourth-order valence-electron chi connectivity index (χ4n) is 2.14. The lowest BCUT2D eigenvalue weighted by molar-refractivity contribution is -0.115. The summed E-state index contributed by atoms with van der Waals surface area (Å²) in [6, 6.07) is 14.3. The van der Waals surface area contributed by atoms with Crippen molar-refractivity contribution in [3.8, 4) is 0 Å². The summed E-state index contributed by atoms with van der Waals surface area (Å²) in [6.07, 6.45) is 3.06. The van der Waals surface area contributed by atoms with E-state index < -0.39 is 11.8 Å². The highest BCUT2D eigenvalue weighted by atomic mass is 35.5. The molecule has 2 aromatic carbocycles. The van der Waals surface area contributed by atoms with Crippen LogP contribution in [0.15, 0.2) is 54.6 Å². The van der Waals surface area contributed by atoms with Crippen LogP contribution in [0.4, 0.5) is 0 Å². The van der Waals surface area contributed by atoms with E-state index in [1.165, 1.54) is 11.6 Å². The number of carbonyl (C=O) groups excluding carboxylic acids is 2. The molecule has 140 valence electrons. The average molecular weight is 402 g/mol. The first kappa shape index (κ1) is 20.6. The van der Waals surface area contributed by atoms with Crippen molar-refractivity contribution < 1.29 is 9.59 Å². The molecule has 0 fully saturated rings. The van der Waals surface area contributed by atoms with E-state index in [0.29, 0.717) is 16.5 Å². The molecule has 5 nitrogen and oxygen atoms in total. The molecule has 0 aliphatic carbocycles. The number of halogens is 1. The second-order valence-electron chi connectivity index (χ2n) is 6.06. The number of hydrazine groups is 1. The summed E-state index contributed by atoms with van der Waals surface area (Å²) in [5, 5.41) is 2.98. The lowest BCUT2D eigenvalue weighted by Gasteiger charge is -2.09. The maximum atomic E-state index is 11.9. The Kier molecular flexibility index (Phi) is 7.52. The molecule has 0 bridgehead atoms. The normalized spacial score (nSPS) is 10.7. The number of carbonyl (C=O) groups is 2. The molecule has 0 radical (unpaired) electrons. The van der Waals surface area contributed by atoms with Crippen molar-refractivity contribution in [1.29, 1.82) is 0 Å². The van der Waals surface area contributed by atoms with Crippen LogP contribution in [0.3, 0.4) is 0 Å². The Morgan fingerprint density at radius 1 is 1.00 bits per heavy atom. The third kappa shape index (κ3) is 6.84. The van der Waals surface area contributed by atoms with Gasteiger partial charge in [-0.15, -0.1) is 0 Å². The molecule has 7 heteroatoms. The lowest BCUT2D eigenvalue weighted by Crippen LogP contribution is -2.48. The molecule has 3 N–H and O–H groups in total. The zero-order chi connectivity index (χ0) is 19.8. The Hall–Kier alpha value is -2.70. The second kappa shape index (κ2) is 9.85. The first-order chi connectivity index (χ1) is 12.8. The van der Waals surface area contributed by atoms with Crippen molar-refractivity contribution in [1.82, 2.24) is 16.2 Å². The van der Waals surface area contributed by atoms with E-state index in [0.717, 1.165) is 5.56 Å². The van der Waals surface area contributed by atoms with E-state index >= 15 is 0 Å². The molecule has 2 amide bonds. The van der Waals surface area contributed by atoms with Crippen LogP contribution in [0.1, 0.15) is 41.3 Å². The Morgan fingerprint density at radius 2 is 1.63 bits per heavy atom. The van der Waals surface area contributed by atoms with Gasteiger partial charge in [0.05, 0.1) is 0 Å². The number of nitrogens with one attached hydrogen (secondary N) is 3. The van der Waals surface area contributed by atoms with Gasteiger partial charge in [0.1, 0.15) is 0 Å². The molecule has 27 heavy (non-hydrogen) atoms. The van der Waals surface area contributed by atoms with Crippen molar-refractivity contribution in [3.63, 3.8) is 0 Å². The molecule has 0 heterocycles. The number of hydrogen-bond donors (Lipinski definition) is 3. The van der Waals surface area contributed by atoms with Gasteiger partial charge < -0.3 is 0 Å². The molecule has 0 saturated carbocycles. The summed E-state index contributed by atoms with van der Waals surface area (Å²) in [5.41, 5.74) is 7.43. The zero-order valence-electron chi connectivity index (χ0n) is 15.0. The standard InChI is InChI=1S/C20H20ClN3O2S/c1-13(2)15-6-3-14(4-7-15)5-12-18(25)22-20(27)24-23-19(26)16-8-10-17(21)11-9-16/h3-13H,1-2H3,(H,23,26)(H2,22,24,25,27)/b12-5+. The van der Waals surface area contributed by atoms with Crippen LogP contribution >= 0.6 is 23.8 Å². The fourth-order valence-corrected chi connectivity index (χ4v) is 2.41. The van der Waals surface area contributed by atoms with Crippen LogP contribution in [-0.2, 0) is 4.79 Å². The van der Waals surface area contributed by atoms with Crippen LogP contribution in [0.25, 0.3) is 6.08 Å². The number of thiocarbonyl (C=S) groups is 1. The molecule has 2 rings (SSSR count). The molecule has 0 unspecified atom stereocenters. The van der Waals surface area contributed by atoms with Crippen LogP contribution in [0.5, 0.6) is 0 Å². The summed E-state index contributed by atoms with van der Waals surface area (Å²) >= 11 is 10.8. The maximum absolute atomic E-state index is 11.9. The van der Waals surface area contributed by atoms with Crippen molar-refractivity contribution in [3.05, 3.63) is 76.3 Å². The van der Waals surface area contributed by atoms with E-state index in [2.05, 4.69) is 30.0 Å². The largest absolute Gasteiger partial charge is 0.298 e. The topological polar surface area (TPSA) is 70.2 Å². The quantitative estimate of drug-likeness (QED) is 0.414. The van der Waals surface area contributed by atoms with Gasteiger partial charge in [-0.1, -0.05) is 49.7 Å². The molecule has 0 saturated heterocycles. The van der Waals surface area contributed by atoms with E-state index in [-0.39, 0.29) is 5.11 Å². The van der Waals surface area contributed by atoms with Crippen LogP contribution < -0.4 is 16.2 Å². The number of hydrogen-bond acceptors (Lipinski definition) is 3. The molecule has 2 aromatic rings. The Labute approximate surface area is 168 Å². The average Bonchev–Trinajstić information content (AvgIpc) is 2.65. The molecule has 0 spiro atoms. The Morgan fingerprint density at radius 3 is 2.22 bits per heavy atom. The molecular weight excluding hydrogens is 382 g/mol. The summed E-state index contributed by atoms with van der Waals surface area (Å²) in [5.74, 6) is -0.344. The molecule has 0 aliphatic rings. The van der Waals surface area contributed by atoms with Crippen molar-refractivity contribution >= 4 is 46.8 Å². The van der Waals surface area contributed by atoms with E-state index in [4.69, 9.17) is 23.8 Å². The summed E-state index contributed by atoms with van der Waals surface area (Å²) in [7, 11) is 0. The van der Waals surface area contributed by atoms with Gasteiger partial charge in [0, 0.05) is 16.7 Å². The molecular formula is C20H20ClN3O2S. The van der Waals surface area contributed by atoms with Crippen LogP contribution in [-0.4, -0.2) is 16.9 Å². The van der Waals surface area contributed by atoms with E-state index in [1.807, 2.05) is 24.3 Å². The first-order valence-corrected chi connectivity index (χ1v) is 9.08. The first-order valence-electron chi connectivity index (χ1n) is 8.30. The van der Waals surface area contributed by atoms with Crippen LogP contribution in [0, 0.1) is 0 Å². The highest BCUT2D eigenvalue weighted by molar-refractivity contribution is 7.80. The predicted molar refractivity (Wildman–Crippen MR) is 112 cm³/mol. The van der Waals surface area contributed by atoms with Gasteiger partial charge in [0.15, 0.2) is 5.11 Å². The summed E-state index contributed by atoms with van der Waals surface area (Å²) in [6.45, 7) is 4.25. The van der Waals surface area contributed by atoms with Gasteiger partial charge in [-0.05, 0) is 59.6 Å². The van der Waals surface area contributed by atoms with Crippen molar-refractivity contribution in [2.24, 2.45) is 0 Å². The predicted octanol–water partition coefficient (Wildman–Crippen LogP) is 3.81. The third-order valence-electron chi connectivity index (χ3n) is 3.66. The van der Waals surface area contributed by atoms with E-state index in [9.17, 15) is 9.59 Å². The molecule has 0 atom stereocenters. The molecule has 0 aliphatic heterocycles.